The lowest BCUT2D eigenvalue weighted by Crippen LogP contribution is -1.66. The molecule has 5 heteroatoms. The van der Waals surface area contributed by atoms with E-state index in [0.717, 1.165) is 4.88 Å². The molecule has 0 aliphatic rings. The minimum atomic E-state index is 0.421. The molecular weight excluding hydrogens is 162 g/mol. The Hall–Kier alpha value is -1.32. The van der Waals surface area contributed by atoms with Gasteiger partial charge in [-0.15, -0.1) is 11.3 Å². The van der Waals surface area contributed by atoms with E-state index in [9.17, 15) is 4.79 Å². The Morgan fingerprint density at radius 1 is 1.82 bits per heavy atom. The largest absolute Gasteiger partial charge is 0.297 e. The van der Waals surface area contributed by atoms with Gasteiger partial charge in [0.15, 0.2) is 6.29 Å². The summed E-state index contributed by atoms with van der Waals surface area (Å²) in [6.45, 7) is 1.86. The van der Waals surface area contributed by atoms with Crippen LogP contribution in [-0.4, -0.2) is 6.29 Å². The molecule has 1 aromatic heterocycles. The van der Waals surface area contributed by atoms with Crippen LogP contribution in [0.25, 0.3) is 10.4 Å². The summed E-state index contributed by atoms with van der Waals surface area (Å²) in [6.07, 6.45) is 0.696. The van der Waals surface area contributed by atoms with Crippen molar-refractivity contribution in [3.8, 4) is 0 Å². The van der Waals surface area contributed by atoms with Crippen molar-refractivity contribution in [1.82, 2.24) is 0 Å². The average Bonchev–Trinajstić information content (AvgIpc) is 2.32. The van der Waals surface area contributed by atoms with Gasteiger partial charge in [0.2, 0.25) is 0 Å². The summed E-state index contributed by atoms with van der Waals surface area (Å²) in [4.78, 5) is 14.4. The van der Waals surface area contributed by atoms with Crippen molar-refractivity contribution >= 4 is 23.3 Å². The monoisotopic (exact) mass is 167 g/mol. The van der Waals surface area contributed by atoms with Gasteiger partial charge in [-0.05, 0) is 18.5 Å². The first-order valence-electron chi connectivity index (χ1n) is 2.88. The summed E-state index contributed by atoms with van der Waals surface area (Å²) in [6, 6.07) is 1.69. The number of thiophene rings is 1. The Balaban J connectivity index is 3.21. The zero-order chi connectivity index (χ0) is 8.27. The van der Waals surface area contributed by atoms with Gasteiger partial charge in [-0.1, -0.05) is 5.11 Å². The lowest BCUT2D eigenvalue weighted by Gasteiger charge is -1.80. The number of nitrogens with zero attached hydrogens (tertiary/aromatic N) is 3. The van der Waals surface area contributed by atoms with Gasteiger partial charge in [0.05, 0.1) is 10.6 Å². The molecule has 0 spiro atoms. The molecule has 1 rings (SSSR count). The third-order valence-electron chi connectivity index (χ3n) is 1.12. The van der Waals surface area contributed by atoms with Gasteiger partial charge in [-0.25, -0.2) is 0 Å². The minimum absolute atomic E-state index is 0.421. The Labute approximate surface area is 67.1 Å². The summed E-state index contributed by atoms with van der Waals surface area (Å²) in [5.41, 5.74) is 8.52. The van der Waals surface area contributed by atoms with Crippen molar-refractivity contribution in [2.75, 3.05) is 0 Å². The van der Waals surface area contributed by atoms with Crippen molar-refractivity contribution in [2.24, 2.45) is 5.11 Å². The Morgan fingerprint density at radius 2 is 2.55 bits per heavy atom. The number of hydrogen-bond acceptors (Lipinski definition) is 3. The van der Waals surface area contributed by atoms with Gasteiger partial charge in [0, 0.05) is 9.79 Å². The van der Waals surface area contributed by atoms with Crippen LogP contribution in [0.15, 0.2) is 11.2 Å². The van der Waals surface area contributed by atoms with E-state index in [1.807, 2.05) is 6.92 Å². The number of hydrogen-bond donors (Lipinski definition) is 0. The maximum Gasteiger partial charge on any atom is 0.160 e. The second-order valence-electron chi connectivity index (χ2n) is 1.91. The lowest BCUT2D eigenvalue weighted by molar-refractivity contribution is 0.112. The molecule has 0 saturated carbocycles. The molecule has 0 aliphatic carbocycles. The molecule has 0 aliphatic heterocycles. The fraction of sp³-hybridized carbons (Fsp3) is 0.167. The molecule has 1 heterocycles. The number of aryl methyl sites for hydroxylation is 1. The smallest absolute Gasteiger partial charge is 0.160 e. The average molecular weight is 167 g/mol. The molecular formula is C6H5N3OS. The number of carbonyl (C=O) groups excluding carboxylic acids is 1. The molecule has 0 bridgehead atoms. The van der Waals surface area contributed by atoms with Crippen LogP contribution in [0.1, 0.15) is 14.5 Å². The van der Waals surface area contributed by atoms with Crippen molar-refractivity contribution in [1.29, 1.82) is 0 Å². The molecule has 4 nitrogen and oxygen atoms in total. The highest BCUT2D eigenvalue weighted by Crippen LogP contribution is 2.27. The highest BCUT2D eigenvalue weighted by molar-refractivity contribution is 7.14. The molecule has 0 N–H and O–H groups in total. The van der Waals surface area contributed by atoms with Crippen LogP contribution in [0.2, 0.25) is 0 Å². The molecule has 0 atom stereocenters. The third kappa shape index (κ3) is 1.58. The molecule has 0 fully saturated rings. The lowest BCUT2D eigenvalue weighted by atomic mass is 10.4. The molecule has 1 aromatic rings. The van der Waals surface area contributed by atoms with E-state index in [2.05, 4.69) is 10.0 Å². The minimum Gasteiger partial charge on any atom is -0.297 e. The van der Waals surface area contributed by atoms with Gasteiger partial charge in [-0.3, -0.25) is 4.79 Å². The number of carbonyl (C=O) groups is 1. The topological polar surface area (TPSA) is 65.8 Å². The van der Waals surface area contributed by atoms with Crippen molar-refractivity contribution in [3.63, 3.8) is 0 Å². The second kappa shape index (κ2) is 3.18. The first-order chi connectivity index (χ1) is 5.27. The SMILES string of the molecule is Cc1cc(N=[N+]=[N-])c(C=O)s1. The zero-order valence-electron chi connectivity index (χ0n) is 5.81. The predicted octanol–water partition coefficient (Wildman–Crippen LogP) is 2.81. The third-order valence-corrected chi connectivity index (χ3v) is 2.09. The van der Waals surface area contributed by atoms with E-state index in [1.54, 1.807) is 6.07 Å². The van der Waals surface area contributed by atoms with Crippen LogP contribution in [0.5, 0.6) is 0 Å². The van der Waals surface area contributed by atoms with Gasteiger partial charge >= 0.3 is 0 Å². The fourth-order valence-electron chi connectivity index (χ4n) is 0.730. The fourth-order valence-corrected chi connectivity index (χ4v) is 1.50. The van der Waals surface area contributed by atoms with Gasteiger partial charge in [0.25, 0.3) is 0 Å². The molecule has 0 amide bonds. The van der Waals surface area contributed by atoms with E-state index < -0.39 is 0 Å². The maximum atomic E-state index is 10.3. The van der Waals surface area contributed by atoms with E-state index in [0.29, 0.717) is 16.9 Å². The van der Waals surface area contributed by atoms with E-state index >= 15 is 0 Å². The van der Waals surface area contributed by atoms with Gasteiger partial charge in [-0.2, -0.15) is 0 Å². The summed E-state index contributed by atoms with van der Waals surface area (Å²) in [5.74, 6) is 0. The number of azide groups is 1. The van der Waals surface area contributed by atoms with Crippen molar-refractivity contribution in [2.45, 2.75) is 6.92 Å². The zero-order valence-corrected chi connectivity index (χ0v) is 6.63. The second-order valence-corrected chi connectivity index (χ2v) is 3.20. The first kappa shape index (κ1) is 7.78. The van der Waals surface area contributed by atoms with Gasteiger partial charge < -0.3 is 0 Å². The Bertz CT molecular complexity index is 325. The van der Waals surface area contributed by atoms with Gasteiger partial charge in [0.1, 0.15) is 0 Å². The summed E-state index contributed by atoms with van der Waals surface area (Å²) in [5, 5.41) is 3.36. The van der Waals surface area contributed by atoms with Crippen molar-refractivity contribution < 1.29 is 4.79 Å². The molecule has 56 valence electrons. The van der Waals surface area contributed by atoms with Crippen molar-refractivity contribution in [3.05, 3.63) is 26.3 Å². The molecule has 0 unspecified atom stereocenters. The maximum absolute atomic E-state index is 10.3. The van der Waals surface area contributed by atoms with Crippen LogP contribution in [0, 0.1) is 6.92 Å². The van der Waals surface area contributed by atoms with Crippen LogP contribution in [0.4, 0.5) is 5.69 Å². The van der Waals surface area contributed by atoms with Crippen LogP contribution >= 0.6 is 11.3 Å². The van der Waals surface area contributed by atoms with Crippen LogP contribution in [0.3, 0.4) is 0 Å². The molecule has 0 radical (unpaired) electrons. The highest BCUT2D eigenvalue weighted by Gasteiger charge is 2.02. The standard InChI is InChI=1S/C6H5N3OS/c1-4-2-5(8-9-7)6(3-10)11-4/h2-3H,1H3. The highest BCUT2D eigenvalue weighted by atomic mass is 32.1. The normalized spacial score (nSPS) is 8.82. The molecule has 0 saturated heterocycles. The van der Waals surface area contributed by atoms with E-state index in [1.165, 1.54) is 11.3 Å². The Kier molecular flexibility index (Phi) is 2.25. The van der Waals surface area contributed by atoms with Crippen LogP contribution < -0.4 is 0 Å². The quantitative estimate of drug-likeness (QED) is 0.289. The Morgan fingerprint density at radius 3 is 3.09 bits per heavy atom. The molecule has 0 aromatic carbocycles. The first-order valence-corrected chi connectivity index (χ1v) is 3.70. The number of aldehydes is 1. The van der Waals surface area contributed by atoms with E-state index in [-0.39, 0.29) is 0 Å². The van der Waals surface area contributed by atoms with E-state index in [4.69, 9.17) is 5.53 Å². The summed E-state index contributed by atoms with van der Waals surface area (Å²) < 4.78 is 0. The summed E-state index contributed by atoms with van der Waals surface area (Å²) in [7, 11) is 0. The predicted molar refractivity (Wildman–Crippen MR) is 43.2 cm³/mol. The number of rotatable bonds is 2. The molecule has 11 heavy (non-hydrogen) atoms. The summed E-state index contributed by atoms with van der Waals surface area (Å²) >= 11 is 1.32. The van der Waals surface area contributed by atoms with Crippen LogP contribution in [-0.2, 0) is 0 Å².